The zero-order chi connectivity index (χ0) is 19.4. The average molecular weight is 364 g/mol. The van der Waals surface area contributed by atoms with Crippen LogP contribution in [0.15, 0.2) is 6.20 Å². The Morgan fingerprint density at radius 2 is 2.00 bits per heavy atom. The normalized spacial score (nSPS) is 25.1. The van der Waals surface area contributed by atoms with Crippen LogP contribution in [0.3, 0.4) is 0 Å². The van der Waals surface area contributed by atoms with Crippen LogP contribution in [0.2, 0.25) is 0 Å². The third-order valence-corrected chi connectivity index (χ3v) is 5.04. The van der Waals surface area contributed by atoms with Crippen molar-refractivity contribution in [3.05, 3.63) is 11.9 Å². The molecule has 0 spiro atoms. The van der Waals surface area contributed by atoms with Gasteiger partial charge in [-0.2, -0.15) is 5.10 Å². The zero-order valence-corrected chi connectivity index (χ0v) is 16.6. The quantitative estimate of drug-likeness (QED) is 0.765. The van der Waals surface area contributed by atoms with E-state index in [0.717, 1.165) is 5.69 Å². The summed E-state index contributed by atoms with van der Waals surface area (Å²) in [5.74, 6) is 0. The molecule has 0 aromatic carbocycles. The molecular weight excluding hydrogens is 336 g/mol. The van der Waals surface area contributed by atoms with Crippen LogP contribution in [0.5, 0.6) is 0 Å². The van der Waals surface area contributed by atoms with Crippen LogP contribution >= 0.6 is 0 Å². The fourth-order valence-corrected chi connectivity index (χ4v) is 3.29. The molecule has 26 heavy (non-hydrogen) atoms. The SMILES string of the molecule is C[C@@H]1N(c2cnn3c2CN(C(=O)OC(C)(C)C)[C@@H](C)C3)C(=O)OC1(C)C. The second kappa shape index (κ2) is 5.89. The highest BCUT2D eigenvalue weighted by atomic mass is 16.6. The lowest BCUT2D eigenvalue weighted by atomic mass is 10.0. The molecule has 1 fully saturated rings. The monoisotopic (exact) mass is 364 g/mol. The molecule has 0 bridgehead atoms. The van der Waals surface area contributed by atoms with Gasteiger partial charge < -0.3 is 9.47 Å². The van der Waals surface area contributed by atoms with Gasteiger partial charge in [-0.15, -0.1) is 0 Å². The summed E-state index contributed by atoms with van der Waals surface area (Å²) in [6, 6.07) is -0.192. The molecule has 1 saturated heterocycles. The lowest BCUT2D eigenvalue weighted by Gasteiger charge is -2.36. The first kappa shape index (κ1) is 18.5. The van der Waals surface area contributed by atoms with Gasteiger partial charge in [-0.25, -0.2) is 9.59 Å². The van der Waals surface area contributed by atoms with Gasteiger partial charge in [0.1, 0.15) is 11.2 Å². The summed E-state index contributed by atoms with van der Waals surface area (Å²) in [5.41, 5.74) is 0.358. The summed E-state index contributed by atoms with van der Waals surface area (Å²) >= 11 is 0. The van der Waals surface area contributed by atoms with E-state index in [4.69, 9.17) is 9.47 Å². The van der Waals surface area contributed by atoms with Gasteiger partial charge in [-0.1, -0.05) is 0 Å². The first-order valence-corrected chi connectivity index (χ1v) is 8.97. The molecule has 1 aromatic heterocycles. The second-order valence-electron chi connectivity index (χ2n) is 8.63. The van der Waals surface area contributed by atoms with Crippen molar-refractivity contribution in [3.63, 3.8) is 0 Å². The Bertz CT molecular complexity index is 734. The van der Waals surface area contributed by atoms with Crippen molar-refractivity contribution in [2.75, 3.05) is 4.90 Å². The van der Waals surface area contributed by atoms with E-state index < -0.39 is 11.2 Å². The van der Waals surface area contributed by atoms with E-state index in [2.05, 4.69) is 5.10 Å². The predicted octanol–water partition coefficient (Wildman–Crippen LogP) is 3.15. The molecule has 8 nitrogen and oxygen atoms in total. The molecule has 3 rings (SSSR count). The number of fused-ring (bicyclic) bond motifs is 1. The minimum atomic E-state index is -0.585. The molecule has 2 aliphatic rings. The standard InChI is InChI=1S/C18H28N4O4/c1-11-9-21-14(10-20(11)15(23)25-17(3,4)5)13(8-19-21)22-12(2)18(6,7)26-16(22)24/h8,11-12H,9-10H2,1-7H3/t11-,12-/m0/s1. The number of hydrogen-bond donors (Lipinski definition) is 0. The van der Waals surface area contributed by atoms with Gasteiger partial charge in [0.15, 0.2) is 0 Å². The third kappa shape index (κ3) is 3.12. The number of carbonyl (C=O) groups is 2. The minimum Gasteiger partial charge on any atom is -0.444 e. The highest BCUT2D eigenvalue weighted by Crippen LogP contribution is 2.37. The molecule has 2 atom stereocenters. The number of cyclic esters (lactones) is 1. The van der Waals surface area contributed by atoms with Crippen molar-refractivity contribution >= 4 is 17.9 Å². The average Bonchev–Trinajstić information content (AvgIpc) is 2.94. The molecule has 0 N–H and O–H groups in total. The number of nitrogens with zero attached hydrogens (tertiary/aromatic N) is 4. The minimum absolute atomic E-state index is 0.0514. The van der Waals surface area contributed by atoms with Gasteiger partial charge in [0.05, 0.1) is 42.8 Å². The molecule has 3 heterocycles. The molecule has 2 aliphatic heterocycles. The fourth-order valence-electron chi connectivity index (χ4n) is 3.29. The number of amides is 2. The molecular formula is C18H28N4O4. The van der Waals surface area contributed by atoms with E-state index >= 15 is 0 Å². The molecule has 144 valence electrons. The predicted molar refractivity (Wildman–Crippen MR) is 96.0 cm³/mol. The van der Waals surface area contributed by atoms with Gasteiger partial charge in [0.2, 0.25) is 0 Å². The summed E-state index contributed by atoms with van der Waals surface area (Å²) in [6.45, 7) is 14.1. The van der Waals surface area contributed by atoms with Crippen LogP contribution in [0, 0.1) is 0 Å². The number of rotatable bonds is 1. The largest absolute Gasteiger partial charge is 0.444 e. The zero-order valence-electron chi connectivity index (χ0n) is 16.6. The molecule has 2 amide bonds. The maximum Gasteiger partial charge on any atom is 0.415 e. The van der Waals surface area contributed by atoms with Crippen LogP contribution in [0.4, 0.5) is 15.3 Å². The number of carbonyl (C=O) groups excluding carboxylic acids is 2. The summed E-state index contributed by atoms with van der Waals surface area (Å²) in [5, 5.41) is 4.43. The Kier molecular flexibility index (Phi) is 4.20. The Morgan fingerprint density at radius 3 is 2.54 bits per heavy atom. The van der Waals surface area contributed by atoms with Crippen LogP contribution in [0.25, 0.3) is 0 Å². The van der Waals surface area contributed by atoms with E-state index in [1.165, 1.54) is 0 Å². The van der Waals surface area contributed by atoms with Crippen molar-refractivity contribution in [1.29, 1.82) is 0 Å². The molecule has 8 heteroatoms. The first-order valence-electron chi connectivity index (χ1n) is 8.97. The highest BCUT2D eigenvalue weighted by Gasteiger charge is 2.47. The van der Waals surface area contributed by atoms with E-state index in [1.54, 1.807) is 16.0 Å². The lowest BCUT2D eigenvalue weighted by Crippen LogP contribution is -2.47. The Balaban J connectivity index is 1.90. The molecule has 0 unspecified atom stereocenters. The van der Waals surface area contributed by atoms with Gasteiger partial charge in [-0.05, 0) is 48.5 Å². The summed E-state index contributed by atoms with van der Waals surface area (Å²) < 4.78 is 12.9. The maximum atomic E-state index is 12.6. The number of aromatic nitrogens is 2. The van der Waals surface area contributed by atoms with Crippen LogP contribution in [0.1, 0.15) is 54.2 Å². The maximum absolute atomic E-state index is 12.6. The van der Waals surface area contributed by atoms with E-state index in [1.807, 2.05) is 53.1 Å². The topological polar surface area (TPSA) is 76.9 Å². The van der Waals surface area contributed by atoms with Gasteiger partial charge in [0.25, 0.3) is 0 Å². The first-order chi connectivity index (χ1) is 11.9. The van der Waals surface area contributed by atoms with E-state index in [-0.39, 0.29) is 24.3 Å². The van der Waals surface area contributed by atoms with Gasteiger partial charge >= 0.3 is 12.2 Å². The highest BCUT2D eigenvalue weighted by molar-refractivity contribution is 5.91. The Labute approximate surface area is 154 Å². The Morgan fingerprint density at radius 1 is 1.35 bits per heavy atom. The van der Waals surface area contributed by atoms with Crippen molar-refractivity contribution in [3.8, 4) is 0 Å². The second-order valence-corrected chi connectivity index (χ2v) is 8.63. The van der Waals surface area contributed by atoms with E-state index in [0.29, 0.717) is 18.8 Å². The van der Waals surface area contributed by atoms with E-state index in [9.17, 15) is 9.59 Å². The summed E-state index contributed by atoms with van der Waals surface area (Å²) in [4.78, 5) is 28.3. The van der Waals surface area contributed by atoms with Crippen molar-refractivity contribution in [1.82, 2.24) is 14.7 Å². The van der Waals surface area contributed by atoms with Crippen LogP contribution < -0.4 is 4.90 Å². The summed E-state index contributed by atoms with van der Waals surface area (Å²) in [6.07, 6.45) is 0.932. The molecule has 0 aliphatic carbocycles. The van der Waals surface area contributed by atoms with Gasteiger partial charge in [0, 0.05) is 0 Å². The third-order valence-electron chi connectivity index (χ3n) is 5.04. The molecule has 1 aromatic rings. The molecule has 0 radical (unpaired) electrons. The van der Waals surface area contributed by atoms with Crippen molar-refractivity contribution < 1.29 is 19.1 Å². The number of anilines is 1. The van der Waals surface area contributed by atoms with Crippen molar-refractivity contribution in [2.45, 2.75) is 84.8 Å². The van der Waals surface area contributed by atoms with Crippen molar-refractivity contribution in [2.24, 2.45) is 0 Å². The molecule has 0 saturated carbocycles. The van der Waals surface area contributed by atoms with Crippen LogP contribution in [-0.2, 0) is 22.6 Å². The van der Waals surface area contributed by atoms with Gasteiger partial charge in [-0.3, -0.25) is 14.5 Å². The Hall–Kier alpha value is -2.25. The smallest absolute Gasteiger partial charge is 0.415 e. The lowest BCUT2D eigenvalue weighted by molar-refractivity contribution is 0.00912. The summed E-state index contributed by atoms with van der Waals surface area (Å²) in [7, 11) is 0. The fraction of sp³-hybridized carbons (Fsp3) is 0.722. The van der Waals surface area contributed by atoms with Crippen LogP contribution in [-0.4, -0.2) is 50.2 Å². The number of ether oxygens (including phenoxy) is 2. The number of hydrogen-bond acceptors (Lipinski definition) is 5.